The van der Waals surface area contributed by atoms with Gasteiger partial charge in [-0.05, 0) is 12.1 Å². The minimum Gasteiger partial charge on any atom is -0.366 e. The van der Waals surface area contributed by atoms with Crippen LogP contribution in [0.5, 0.6) is 0 Å². The van der Waals surface area contributed by atoms with E-state index in [0.29, 0.717) is 0 Å². The minimum atomic E-state index is -0.749. The largest absolute Gasteiger partial charge is 0.366 e. The molecule has 1 rings (SSSR count). The fraction of sp³-hybridized carbons (Fsp3) is 0. The Balaban J connectivity index is 3.11. The molecule has 0 unspecified atom stereocenters. The monoisotopic (exact) mass is 210 g/mol. The van der Waals surface area contributed by atoms with Crippen LogP contribution in [0.15, 0.2) is 24.3 Å². The molecule has 0 saturated heterocycles. The Bertz CT molecular complexity index is 443. The van der Waals surface area contributed by atoms with Gasteiger partial charge in [-0.3, -0.25) is 14.9 Å². The Hall–Kier alpha value is -2.24. The number of carbonyl (C=O) groups is 1. The number of carbonyl (C=O) groups excluding carboxylic acids is 1. The molecule has 15 heavy (non-hydrogen) atoms. The summed E-state index contributed by atoms with van der Waals surface area (Å²) in [5, 5.41) is 10.4. The van der Waals surface area contributed by atoms with Crippen molar-refractivity contribution in [3.8, 4) is 0 Å². The third-order valence-electron chi connectivity index (χ3n) is 1.62. The van der Waals surface area contributed by atoms with Crippen molar-refractivity contribution in [1.82, 2.24) is 0 Å². The van der Waals surface area contributed by atoms with E-state index in [1.807, 2.05) is 0 Å². The maximum absolute atomic E-state index is 13.1. The topological polar surface area (TPSA) is 86.2 Å². The number of rotatable bonds is 3. The molecule has 0 bridgehead atoms. The second-order valence-electron chi connectivity index (χ2n) is 2.70. The zero-order valence-electron chi connectivity index (χ0n) is 7.51. The second-order valence-corrected chi connectivity index (χ2v) is 2.70. The van der Waals surface area contributed by atoms with Gasteiger partial charge >= 0.3 is 0 Å². The van der Waals surface area contributed by atoms with Crippen LogP contribution in [0.25, 0.3) is 6.08 Å². The molecule has 0 atom stereocenters. The second kappa shape index (κ2) is 4.32. The number of hydrogen-bond donors (Lipinski definition) is 1. The molecule has 0 spiro atoms. The molecule has 0 radical (unpaired) electrons. The molecule has 0 aliphatic heterocycles. The first-order valence-electron chi connectivity index (χ1n) is 3.92. The molecule has 1 aromatic rings. The summed E-state index contributed by atoms with van der Waals surface area (Å²) in [6.07, 6.45) is 2.02. The number of nitro groups is 1. The van der Waals surface area contributed by atoms with Crippen LogP contribution in [0.1, 0.15) is 5.56 Å². The zero-order valence-corrected chi connectivity index (χ0v) is 7.51. The van der Waals surface area contributed by atoms with Crippen molar-refractivity contribution >= 4 is 17.7 Å². The lowest BCUT2D eigenvalue weighted by molar-refractivity contribution is -0.384. The molecular weight excluding hydrogens is 203 g/mol. The molecule has 0 aromatic heterocycles. The van der Waals surface area contributed by atoms with E-state index in [2.05, 4.69) is 0 Å². The normalized spacial score (nSPS) is 10.5. The van der Waals surface area contributed by atoms with Crippen molar-refractivity contribution in [3.63, 3.8) is 0 Å². The number of benzene rings is 1. The molecule has 0 saturated carbocycles. The predicted molar refractivity (Wildman–Crippen MR) is 51.3 cm³/mol. The van der Waals surface area contributed by atoms with Gasteiger partial charge in [0.25, 0.3) is 5.69 Å². The first-order chi connectivity index (χ1) is 7.00. The van der Waals surface area contributed by atoms with Crippen molar-refractivity contribution in [2.45, 2.75) is 0 Å². The van der Waals surface area contributed by atoms with Crippen molar-refractivity contribution in [3.05, 3.63) is 45.8 Å². The smallest absolute Gasteiger partial charge is 0.270 e. The molecule has 1 aromatic carbocycles. The van der Waals surface area contributed by atoms with Crippen LogP contribution in [0.3, 0.4) is 0 Å². The van der Waals surface area contributed by atoms with Gasteiger partial charge in [-0.1, -0.05) is 0 Å². The van der Waals surface area contributed by atoms with Crippen LogP contribution in [-0.4, -0.2) is 10.8 Å². The van der Waals surface area contributed by atoms with E-state index >= 15 is 0 Å². The summed E-state index contributed by atoms with van der Waals surface area (Å²) in [6, 6.07) is 3.02. The van der Waals surface area contributed by atoms with Crippen molar-refractivity contribution in [2.24, 2.45) is 5.73 Å². The lowest BCUT2D eigenvalue weighted by atomic mass is 10.1. The Morgan fingerprint density at radius 2 is 2.20 bits per heavy atom. The van der Waals surface area contributed by atoms with Crippen molar-refractivity contribution in [2.75, 3.05) is 0 Å². The SMILES string of the molecule is NC(=O)C=Cc1cc([N+](=O)[O-])ccc1F. The summed E-state index contributed by atoms with van der Waals surface area (Å²) in [4.78, 5) is 20.1. The first-order valence-corrected chi connectivity index (χ1v) is 3.92. The van der Waals surface area contributed by atoms with Crippen LogP contribution in [0, 0.1) is 15.9 Å². The first kappa shape index (κ1) is 10.8. The van der Waals surface area contributed by atoms with Crippen LogP contribution in [-0.2, 0) is 4.79 Å². The molecule has 0 heterocycles. The van der Waals surface area contributed by atoms with E-state index in [1.165, 1.54) is 0 Å². The van der Waals surface area contributed by atoms with Crippen LogP contribution in [0.2, 0.25) is 0 Å². The van der Waals surface area contributed by atoms with Crippen molar-refractivity contribution in [1.29, 1.82) is 0 Å². The molecule has 5 nitrogen and oxygen atoms in total. The predicted octanol–water partition coefficient (Wildman–Crippen LogP) is 1.23. The lowest BCUT2D eigenvalue weighted by Gasteiger charge is -1.96. The van der Waals surface area contributed by atoms with E-state index in [9.17, 15) is 19.3 Å². The number of halogens is 1. The third-order valence-corrected chi connectivity index (χ3v) is 1.62. The van der Waals surface area contributed by atoms with E-state index in [4.69, 9.17) is 5.73 Å². The van der Waals surface area contributed by atoms with Gasteiger partial charge in [0.2, 0.25) is 5.91 Å². The zero-order chi connectivity index (χ0) is 11.4. The van der Waals surface area contributed by atoms with Gasteiger partial charge < -0.3 is 5.73 Å². The highest BCUT2D eigenvalue weighted by atomic mass is 19.1. The molecule has 0 aliphatic rings. The average molecular weight is 210 g/mol. The van der Waals surface area contributed by atoms with E-state index in [1.54, 1.807) is 0 Å². The summed E-state index contributed by atoms with van der Waals surface area (Å²) >= 11 is 0. The van der Waals surface area contributed by atoms with Crippen LogP contribution in [0.4, 0.5) is 10.1 Å². The molecule has 0 fully saturated rings. The third kappa shape index (κ3) is 2.87. The summed E-state index contributed by atoms with van der Waals surface area (Å²) in [5.74, 6) is -1.40. The lowest BCUT2D eigenvalue weighted by Crippen LogP contribution is -2.05. The minimum absolute atomic E-state index is 0.0528. The molecule has 1 amide bonds. The fourth-order valence-electron chi connectivity index (χ4n) is 0.944. The number of nitrogens with zero attached hydrogens (tertiary/aromatic N) is 1. The Morgan fingerprint density at radius 3 is 2.73 bits per heavy atom. The van der Waals surface area contributed by atoms with Gasteiger partial charge in [-0.25, -0.2) is 4.39 Å². The van der Waals surface area contributed by atoms with Gasteiger partial charge in [0, 0.05) is 23.8 Å². The number of amides is 1. The molecule has 6 heteroatoms. The van der Waals surface area contributed by atoms with E-state index in [0.717, 1.165) is 30.4 Å². The van der Waals surface area contributed by atoms with Crippen LogP contribution < -0.4 is 5.73 Å². The summed E-state index contributed by atoms with van der Waals surface area (Å²) < 4.78 is 13.1. The van der Waals surface area contributed by atoms with Crippen LogP contribution >= 0.6 is 0 Å². The highest BCUT2D eigenvalue weighted by Gasteiger charge is 2.08. The van der Waals surface area contributed by atoms with Gasteiger partial charge in [0.15, 0.2) is 0 Å². The molecule has 78 valence electrons. The molecule has 0 aliphatic carbocycles. The standard InChI is InChI=1S/C9H7FN2O3/c10-8-3-2-7(12(14)15)5-6(8)1-4-9(11)13/h1-5H,(H2,11,13). The number of primary amides is 1. The van der Waals surface area contributed by atoms with Gasteiger partial charge in [0.05, 0.1) is 4.92 Å². The number of nitro benzene ring substituents is 1. The highest BCUT2D eigenvalue weighted by Crippen LogP contribution is 2.17. The van der Waals surface area contributed by atoms with E-state index < -0.39 is 16.6 Å². The van der Waals surface area contributed by atoms with Gasteiger partial charge in [-0.15, -0.1) is 0 Å². The van der Waals surface area contributed by atoms with Gasteiger partial charge in [-0.2, -0.15) is 0 Å². The summed E-state index contributed by atoms with van der Waals surface area (Å²) in [6.45, 7) is 0. The Kier molecular flexibility index (Phi) is 3.12. The Labute approximate surface area is 84.2 Å². The maximum Gasteiger partial charge on any atom is 0.270 e. The van der Waals surface area contributed by atoms with Crippen molar-refractivity contribution < 1.29 is 14.1 Å². The van der Waals surface area contributed by atoms with Gasteiger partial charge in [0.1, 0.15) is 5.82 Å². The number of non-ortho nitro benzene ring substituents is 1. The quantitative estimate of drug-likeness (QED) is 0.462. The molecular formula is C9H7FN2O3. The fourth-order valence-corrected chi connectivity index (χ4v) is 0.944. The number of hydrogen-bond acceptors (Lipinski definition) is 3. The maximum atomic E-state index is 13.1. The summed E-state index contributed by atoms with van der Waals surface area (Å²) in [7, 11) is 0. The Morgan fingerprint density at radius 1 is 1.53 bits per heavy atom. The molecule has 2 N–H and O–H groups in total. The summed E-state index contributed by atoms with van der Waals surface area (Å²) in [5.41, 5.74) is 4.50. The number of nitrogens with two attached hydrogens (primary N) is 1. The van der Waals surface area contributed by atoms with E-state index in [-0.39, 0.29) is 11.3 Å². The average Bonchev–Trinajstić information content (AvgIpc) is 2.16. The highest BCUT2D eigenvalue weighted by molar-refractivity contribution is 5.90.